The molecule has 0 aromatic rings. The van der Waals surface area contributed by atoms with Gasteiger partial charge in [-0.2, -0.15) is 0 Å². The maximum atomic E-state index is 11.6. The molecule has 4 heteroatoms. The number of carbonyl (C=O) groups excluding carboxylic acids is 1. The van der Waals surface area contributed by atoms with Gasteiger partial charge in [-0.1, -0.05) is 6.08 Å². The van der Waals surface area contributed by atoms with Gasteiger partial charge in [0.05, 0.1) is 12.1 Å². The van der Waals surface area contributed by atoms with Gasteiger partial charge >= 0.3 is 0 Å². The topological polar surface area (TPSA) is 50.4 Å². The van der Waals surface area contributed by atoms with E-state index in [9.17, 15) is 4.79 Å². The van der Waals surface area contributed by atoms with Crippen LogP contribution in [0.15, 0.2) is 12.7 Å². The lowest BCUT2D eigenvalue weighted by Crippen LogP contribution is -2.49. The first-order valence-corrected chi connectivity index (χ1v) is 5.89. The molecule has 3 atom stereocenters. The summed E-state index contributed by atoms with van der Waals surface area (Å²) in [4.78, 5) is 11.6. The predicted molar refractivity (Wildman–Crippen MR) is 64.2 cm³/mol. The molecule has 0 saturated carbocycles. The fourth-order valence-electron chi connectivity index (χ4n) is 1.90. The van der Waals surface area contributed by atoms with Crippen LogP contribution in [0, 0.1) is 0 Å². The van der Waals surface area contributed by atoms with E-state index in [4.69, 9.17) is 4.74 Å². The van der Waals surface area contributed by atoms with Crippen molar-refractivity contribution in [1.29, 1.82) is 0 Å². The van der Waals surface area contributed by atoms with Crippen molar-refractivity contribution in [2.75, 3.05) is 13.2 Å². The molecule has 1 aliphatic heterocycles. The van der Waals surface area contributed by atoms with Gasteiger partial charge in [0.2, 0.25) is 5.91 Å². The van der Waals surface area contributed by atoms with Crippen LogP contribution < -0.4 is 10.6 Å². The molecule has 0 spiro atoms. The summed E-state index contributed by atoms with van der Waals surface area (Å²) >= 11 is 0. The fraction of sp³-hybridized carbons (Fsp3) is 0.750. The SMILES string of the molecule is C=CCNC(=O)C(C)NC1CCOC(C)C1. The lowest BCUT2D eigenvalue weighted by atomic mass is 10.0. The smallest absolute Gasteiger partial charge is 0.237 e. The summed E-state index contributed by atoms with van der Waals surface area (Å²) < 4.78 is 5.46. The number of nitrogens with one attached hydrogen (secondary N) is 2. The largest absolute Gasteiger partial charge is 0.378 e. The molecule has 16 heavy (non-hydrogen) atoms. The molecule has 1 aliphatic rings. The van der Waals surface area contributed by atoms with Gasteiger partial charge in [0.1, 0.15) is 0 Å². The molecule has 1 fully saturated rings. The van der Waals surface area contributed by atoms with Crippen molar-refractivity contribution >= 4 is 5.91 Å². The van der Waals surface area contributed by atoms with Gasteiger partial charge < -0.3 is 15.4 Å². The number of hydrogen-bond donors (Lipinski definition) is 2. The summed E-state index contributed by atoms with van der Waals surface area (Å²) in [6.07, 6.45) is 3.92. The molecule has 0 aliphatic carbocycles. The average molecular weight is 226 g/mol. The van der Waals surface area contributed by atoms with Gasteiger partial charge in [0.15, 0.2) is 0 Å². The molecule has 1 rings (SSSR count). The second-order valence-electron chi connectivity index (χ2n) is 4.32. The van der Waals surface area contributed by atoms with Crippen LogP contribution in [0.3, 0.4) is 0 Å². The lowest BCUT2D eigenvalue weighted by molar-refractivity contribution is -0.123. The summed E-state index contributed by atoms with van der Waals surface area (Å²) in [5.74, 6) is 0.0269. The minimum atomic E-state index is -0.157. The van der Waals surface area contributed by atoms with E-state index in [0.717, 1.165) is 19.4 Å². The number of ether oxygens (including phenoxy) is 1. The quantitative estimate of drug-likeness (QED) is 0.683. The van der Waals surface area contributed by atoms with E-state index in [2.05, 4.69) is 24.1 Å². The highest BCUT2D eigenvalue weighted by Crippen LogP contribution is 2.13. The molecular formula is C12H22N2O2. The van der Waals surface area contributed by atoms with Gasteiger partial charge in [0.25, 0.3) is 0 Å². The number of rotatable bonds is 5. The number of hydrogen-bond acceptors (Lipinski definition) is 3. The van der Waals surface area contributed by atoms with E-state index < -0.39 is 0 Å². The van der Waals surface area contributed by atoms with E-state index >= 15 is 0 Å². The zero-order valence-electron chi connectivity index (χ0n) is 10.2. The molecule has 0 radical (unpaired) electrons. The molecule has 1 heterocycles. The summed E-state index contributed by atoms with van der Waals surface area (Å²) in [7, 11) is 0. The Morgan fingerprint density at radius 3 is 3.06 bits per heavy atom. The van der Waals surface area contributed by atoms with Crippen molar-refractivity contribution in [1.82, 2.24) is 10.6 Å². The lowest BCUT2D eigenvalue weighted by Gasteiger charge is -2.30. The third kappa shape index (κ3) is 4.33. The Morgan fingerprint density at radius 1 is 1.69 bits per heavy atom. The first-order valence-electron chi connectivity index (χ1n) is 5.89. The summed E-state index contributed by atoms with van der Waals surface area (Å²) in [5, 5.41) is 6.11. The normalized spacial score (nSPS) is 27.1. The summed E-state index contributed by atoms with van der Waals surface area (Å²) in [6, 6.07) is 0.225. The molecule has 1 amide bonds. The van der Waals surface area contributed by atoms with Gasteiger partial charge in [-0.25, -0.2) is 0 Å². The average Bonchev–Trinajstić information content (AvgIpc) is 2.25. The highest BCUT2D eigenvalue weighted by atomic mass is 16.5. The van der Waals surface area contributed by atoms with E-state index in [1.54, 1.807) is 6.08 Å². The standard InChI is InChI=1S/C12H22N2O2/c1-4-6-13-12(15)10(3)14-11-5-7-16-9(2)8-11/h4,9-11,14H,1,5-8H2,2-3H3,(H,13,15). The van der Waals surface area contributed by atoms with Crippen molar-refractivity contribution in [2.45, 2.75) is 44.9 Å². The Bertz CT molecular complexity index is 243. The van der Waals surface area contributed by atoms with Crippen molar-refractivity contribution in [3.63, 3.8) is 0 Å². The molecule has 0 aromatic carbocycles. The maximum absolute atomic E-state index is 11.6. The van der Waals surface area contributed by atoms with E-state index in [1.807, 2.05) is 6.92 Å². The van der Waals surface area contributed by atoms with Crippen LogP contribution in [0.25, 0.3) is 0 Å². The highest BCUT2D eigenvalue weighted by molar-refractivity contribution is 5.81. The predicted octanol–water partition coefficient (Wildman–Crippen LogP) is 0.834. The third-order valence-electron chi connectivity index (χ3n) is 2.78. The molecule has 4 nitrogen and oxygen atoms in total. The van der Waals surface area contributed by atoms with Crippen molar-refractivity contribution in [3.8, 4) is 0 Å². The zero-order chi connectivity index (χ0) is 12.0. The Kier molecular flexibility index (Phi) is 5.49. The fourth-order valence-corrected chi connectivity index (χ4v) is 1.90. The van der Waals surface area contributed by atoms with Crippen LogP contribution in [0.2, 0.25) is 0 Å². The van der Waals surface area contributed by atoms with Crippen molar-refractivity contribution < 1.29 is 9.53 Å². The highest BCUT2D eigenvalue weighted by Gasteiger charge is 2.22. The van der Waals surface area contributed by atoms with Crippen LogP contribution in [-0.4, -0.2) is 37.2 Å². The Balaban J connectivity index is 2.29. The molecule has 92 valence electrons. The van der Waals surface area contributed by atoms with Crippen molar-refractivity contribution in [2.24, 2.45) is 0 Å². The monoisotopic (exact) mass is 226 g/mol. The number of amides is 1. The third-order valence-corrected chi connectivity index (χ3v) is 2.78. The van der Waals surface area contributed by atoms with Gasteiger partial charge in [-0.15, -0.1) is 6.58 Å². The molecule has 1 saturated heterocycles. The zero-order valence-corrected chi connectivity index (χ0v) is 10.2. The van der Waals surface area contributed by atoms with E-state index in [-0.39, 0.29) is 18.1 Å². The number of carbonyl (C=O) groups is 1. The minimum absolute atomic E-state index is 0.0269. The second-order valence-corrected chi connectivity index (χ2v) is 4.32. The summed E-state index contributed by atoms with van der Waals surface area (Å²) in [5.41, 5.74) is 0. The first-order chi connectivity index (χ1) is 7.63. The second kappa shape index (κ2) is 6.66. The van der Waals surface area contributed by atoms with Gasteiger partial charge in [-0.3, -0.25) is 4.79 Å². The van der Waals surface area contributed by atoms with Crippen LogP contribution in [0.1, 0.15) is 26.7 Å². The summed E-state index contributed by atoms with van der Waals surface area (Å²) in [6.45, 7) is 8.82. The van der Waals surface area contributed by atoms with Crippen molar-refractivity contribution in [3.05, 3.63) is 12.7 Å². The molecule has 0 bridgehead atoms. The van der Waals surface area contributed by atoms with Gasteiger partial charge in [0, 0.05) is 19.2 Å². The van der Waals surface area contributed by atoms with Crippen LogP contribution in [0.4, 0.5) is 0 Å². The van der Waals surface area contributed by atoms with Crippen LogP contribution in [0.5, 0.6) is 0 Å². The maximum Gasteiger partial charge on any atom is 0.237 e. The van der Waals surface area contributed by atoms with Gasteiger partial charge in [-0.05, 0) is 26.7 Å². The van der Waals surface area contributed by atoms with E-state index in [1.165, 1.54) is 0 Å². The molecule has 3 unspecified atom stereocenters. The minimum Gasteiger partial charge on any atom is -0.378 e. The molecular weight excluding hydrogens is 204 g/mol. The van der Waals surface area contributed by atoms with Crippen LogP contribution >= 0.6 is 0 Å². The molecule has 0 aromatic heterocycles. The Labute approximate surface area is 97.4 Å². The van der Waals surface area contributed by atoms with E-state index in [0.29, 0.717) is 12.6 Å². The Hall–Kier alpha value is -0.870. The Morgan fingerprint density at radius 2 is 2.44 bits per heavy atom. The first kappa shape index (κ1) is 13.2. The molecule has 2 N–H and O–H groups in total. The van der Waals surface area contributed by atoms with Crippen LogP contribution in [-0.2, 0) is 9.53 Å².